The van der Waals surface area contributed by atoms with Gasteiger partial charge in [-0.05, 0) is 18.6 Å². The van der Waals surface area contributed by atoms with Crippen molar-refractivity contribution in [2.24, 2.45) is 5.92 Å². The van der Waals surface area contributed by atoms with Gasteiger partial charge in [0.25, 0.3) is 0 Å². The van der Waals surface area contributed by atoms with Crippen LogP contribution >= 0.6 is 34.8 Å². The van der Waals surface area contributed by atoms with E-state index in [2.05, 4.69) is 0 Å². The van der Waals surface area contributed by atoms with Crippen molar-refractivity contribution in [3.8, 4) is 0 Å². The van der Waals surface area contributed by atoms with E-state index in [0.717, 1.165) is 0 Å². The summed E-state index contributed by atoms with van der Waals surface area (Å²) in [6.45, 7) is 3.53. The first-order valence-electron chi connectivity index (χ1n) is 3.52. The summed E-state index contributed by atoms with van der Waals surface area (Å²) in [5, 5.41) is 9.62. The molecule has 0 aliphatic heterocycles. The van der Waals surface area contributed by atoms with Gasteiger partial charge in [0.1, 0.15) is 10.1 Å². The van der Waals surface area contributed by atoms with Crippen LogP contribution in [0.25, 0.3) is 0 Å². The summed E-state index contributed by atoms with van der Waals surface area (Å²) in [6, 6.07) is 0. The van der Waals surface area contributed by atoms with Crippen LogP contribution in [0.4, 0.5) is 0 Å². The summed E-state index contributed by atoms with van der Waals surface area (Å²) in [6.07, 6.45) is 1.49. The monoisotopic (exact) mass is 226 g/mol. The molecule has 68 valence electrons. The van der Waals surface area contributed by atoms with Gasteiger partial charge in [0.15, 0.2) is 0 Å². The van der Waals surface area contributed by atoms with E-state index in [-0.39, 0.29) is 11.7 Å². The number of allylic oxidation sites excluding steroid dienone is 3. The normalized spacial score (nSPS) is 28.8. The molecule has 0 amide bonds. The third kappa shape index (κ3) is 1.46. The van der Waals surface area contributed by atoms with Crippen molar-refractivity contribution in [3.63, 3.8) is 0 Å². The second kappa shape index (κ2) is 3.13. The highest BCUT2D eigenvalue weighted by Gasteiger charge is 2.39. The lowest BCUT2D eigenvalue weighted by atomic mass is 9.94. The maximum atomic E-state index is 9.30. The summed E-state index contributed by atoms with van der Waals surface area (Å²) in [5.41, 5.74) is 0.709. The highest BCUT2D eigenvalue weighted by atomic mass is 35.5. The molecule has 0 saturated carbocycles. The molecular weight excluding hydrogens is 218 g/mol. The molecule has 4 heteroatoms. The second-order valence-corrected chi connectivity index (χ2v) is 4.70. The Hall–Kier alpha value is 0.150. The predicted molar refractivity (Wildman–Crippen MR) is 52.9 cm³/mol. The minimum atomic E-state index is -0.997. The third-order valence-electron chi connectivity index (χ3n) is 2.05. The smallest absolute Gasteiger partial charge is 0.146 e. The molecule has 0 aromatic heterocycles. The Balaban J connectivity index is 3.16. The van der Waals surface area contributed by atoms with Crippen molar-refractivity contribution in [3.05, 3.63) is 22.4 Å². The van der Waals surface area contributed by atoms with Gasteiger partial charge in [0.2, 0.25) is 0 Å². The van der Waals surface area contributed by atoms with Gasteiger partial charge in [-0.2, -0.15) is 0 Å². The van der Waals surface area contributed by atoms with Crippen LogP contribution in [-0.4, -0.2) is 9.44 Å². The molecule has 0 spiro atoms. The maximum Gasteiger partial charge on any atom is 0.146 e. The van der Waals surface area contributed by atoms with Crippen molar-refractivity contribution in [2.75, 3.05) is 0 Å². The first-order chi connectivity index (χ1) is 5.37. The molecule has 0 saturated heterocycles. The Kier molecular flexibility index (Phi) is 2.67. The topological polar surface area (TPSA) is 20.2 Å². The molecule has 0 fully saturated rings. The fourth-order valence-electron chi connectivity index (χ4n) is 1.09. The van der Waals surface area contributed by atoms with Gasteiger partial charge in [0.05, 0.1) is 5.03 Å². The molecule has 1 aliphatic rings. The van der Waals surface area contributed by atoms with Crippen molar-refractivity contribution in [1.82, 2.24) is 0 Å². The Morgan fingerprint density at radius 1 is 1.50 bits per heavy atom. The van der Waals surface area contributed by atoms with Crippen LogP contribution < -0.4 is 0 Å². The van der Waals surface area contributed by atoms with Crippen LogP contribution in [0.2, 0.25) is 0 Å². The molecule has 1 atom stereocenters. The number of alkyl halides is 2. The van der Waals surface area contributed by atoms with E-state index < -0.39 is 4.33 Å². The van der Waals surface area contributed by atoms with E-state index in [1.54, 1.807) is 13.8 Å². The zero-order chi connectivity index (χ0) is 9.52. The largest absolute Gasteiger partial charge is 0.507 e. The van der Waals surface area contributed by atoms with E-state index in [4.69, 9.17) is 34.8 Å². The van der Waals surface area contributed by atoms with Crippen molar-refractivity contribution in [2.45, 2.75) is 18.2 Å². The Morgan fingerprint density at radius 2 is 2.00 bits per heavy atom. The lowest BCUT2D eigenvalue weighted by molar-refractivity contribution is 0.411. The maximum absolute atomic E-state index is 9.30. The Morgan fingerprint density at radius 3 is 2.50 bits per heavy atom. The number of aliphatic hydroxyl groups is 1. The average molecular weight is 228 g/mol. The Labute approximate surface area is 86.6 Å². The van der Waals surface area contributed by atoms with Gasteiger partial charge in [-0.15, -0.1) is 0 Å². The van der Waals surface area contributed by atoms with Crippen molar-refractivity contribution < 1.29 is 5.11 Å². The number of rotatable bonds is 0. The zero-order valence-electron chi connectivity index (χ0n) is 6.74. The summed E-state index contributed by atoms with van der Waals surface area (Å²) in [5.74, 6) is -0.217. The molecule has 1 N–H and O–H groups in total. The number of hydrogen-bond acceptors (Lipinski definition) is 1. The van der Waals surface area contributed by atoms with Gasteiger partial charge >= 0.3 is 0 Å². The molecule has 1 unspecified atom stereocenters. The first-order valence-corrected chi connectivity index (χ1v) is 4.66. The molecular formula is C8H9Cl3O. The quantitative estimate of drug-likeness (QED) is 0.625. The van der Waals surface area contributed by atoms with Crippen LogP contribution in [0.1, 0.15) is 13.8 Å². The molecule has 1 nitrogen and oxygen atoms in total. The summed E-state index contributed by atoms with van der Waals surface area (Å²) < 4.78 is -0.997. The number of hydrogen-bond donors (Lipinski definition) is 1. The van der Waals surface area contributed by atoms with Crippen LogP contribution in [0.5, 0.6) is 0 Å². The minimum absolute atomic E-state index is 0.0543. The van der Waals surface area contributed by atoms with E-state index in [1.807, 2.05) is 0 Å². The van der Waals surface area contributed by atoms with Gasteiger partial charge in [-0.1, -0.05) is 41.7 Å². The highest BCUT2D eigenvalue weighted by Crippen LogP contribution is 2.46. The van der Waals surface area contributed by atoms with Crippen LogP contribution in [-0.2, 0) is 0 Å². The fourth-order valence-corrected chi connectivity index (χ4v) is 1.75. The second-order valence-electron chi connectivity index (χ2n) is 2.91. The lowest BCUT2D eigenvalue weighted by Gasteiger charge is -2.31. The van der Waals surface area contributed by atoms with Crippen LogP contribution in [0.15, 0.2) is 22.4 Å². The molecule has 0 aromatic carbocycles. The molecule has 12 heavy (non-hydrogen) atoms. The molecule has 0 bridgehead atoms. The average Bonchev–Trinajstić information content (AvgIpc) is 1.99. The number of halogens is 3. The first kappa shape index (κ1) is 10.2. The number of aliphatic hydroxyl groups excluding tert-OH is 1. The SMILES string of the molecule is CC1=CC(O)=C(Cl)C(C)C1(Cl)Cl. The fraction of sp³-hybridized carbons (Fsp3) is 0.500. The molecule has 0 aromatic rings. The Bertz CT molecular complexity index is 265. The van der Waals surface area contributed by atoms with Crippen LogP contribution in [0.3, 0.4) is 0 Å². The molecule has 0 heterocycles. The standard InChI is InChI=1S/C8H9Cl3O/c1-4-3-6(12)7(9)5(2)8(4,10)11/h3,5,12H,1-2H3. The van der Waals surface area contributed by atoms with Crippen LogP contribution in [0, 0.1) is 5.92 Å². The minimum Gasteiger partial charge on any atom is -0.507 e. The van der Waals surface area contributed by atoms with E-state index in [0.29, 0.717) is 10.6 Å². The van der Waals surface area contributed by atoms with Crippen molar-refractivity contribution >= 4 is 34.8 Å². The van der Waals surface area contributed by atoms with Crippen molar-refractivity contribution in [1.29, 1.82) is 0 Å². The van der Waals surface area contributed by atoms with E-state index in [9.17, 15) is 5.11 Å². The van der Waals surface area contributed by atoms with E-state index in [1.165, 1.54) is 6.08 Å². The molecule has 1 rings (SSSR count). The summed E-state index contributed by atoms with van der Waals surface area (Å²) in [7, 11) is 0. The molecule has 0 radical (unpaired) electrons. The third-order valence-corrected chi connectivity index (χ3v) is 3.82. The van der Waals surface area contributed by atoms with Gasteiger partial charge < -0.3 is 5.11 Å². The predicted octanol–water partition coefficient (Wildman–Crippen LogP) is 3.76. The summed E-state index contributed by atoms with van der Waals surface area (Å²) in [4.78, 5) is 0. The van der Waals surface area contributed by atoms with E-state index >= 15 is 0 Å². The molecule has 1 aliphatic carbocycles. The van der Waals surface area contributed by atoms with Gasteiger partial charge in [-0.25, -0.2) is 0 Å². The zero-order valence-corrected chi connectivity index (χ0v) is 9.00. The van der Waals surface area contributed by atoms with Gasteiger partial charge in [-0.3, -0.25) is 0 Å². The van der Waals surface area contributed by atoms with Gasteiger partial charge in [0, 0.05) is 5.92 Å². The summed E-state index contributed by atoms with van der Waals surface area (Å²) >= 11 is 17.8. The highest BCUT2D eigenvalue weighted by molar-refractivity contribution is 6.51. The lowest BCUT2D eigenvalue weighted by Crippen LogP contribution is -2.28.